The third-order valence-corrected chi connectivity index (χ3v) is 4.74. The molecule has 1 amide bonds. The predicted octanol–water partition coefficient (Wildman–Crippen LogP) is 3.00. The number of benzene rings is 1. The molecular weight excluding hydrogens is 312 g/mol. The van der Waals surface area contributed by atoms with Crippen molar-refractivity contribution in [2.45, 2.75) is 40.5 Å². The molecule has 1 unspecified atom stereocenters. The maximum absolute atomic E-state index is 12.3. The minimum absolute atomic E-state index is 0. The predicted molar refractivity (Wildman–Crippen MR) is 96.4 cm³/mol. The lowest BCUT2D eigenvalue weighted by molar-refractivity contribution is -0.131. The molecule has 5 heteroatoms. The summed E-state index contributed by atoms with van der Waals surface area (Å²) in [6, 6.07) is 4.18. The van der Waals surface area contributed by atoms with Gasteiger partial charge in [-0.25, -0.2) is 0 Å². The lowest BCUT2D eigenvalue weighted by Gasteiger charge is -2.22. The van der Waals surface area contributed by atoms with Gasteiger partial charge in [-0.2, -0.15) is 0 Å². The number of aryl methyl sites for hydroxylation is 2. The molecule has 130 valence electrons. The molecule has 1 saturated heterocycles. The molecule has 1 aliphatic heterocycles. The minimum Gasteiger partial charge on any atom is -0.493 e. The summed E-state index contributed by atoms with van der Waals surface area (Å²) in [4.78, 5) is 14.2. The number of likely N-dealkylation sites (tertiary alicyclic amines) is 1. The van der Waals surface area contributed by atoms with E-state index in [1.54, 1.807) is 0 Å². The van der Waals surface area contributed by atoms with E-state index >= 15 is 0 Å². The highest BCUT2D eigenvalue weighted by molar-refractivity contribution is 5.85. The van der Waals surface area contributed by atoms with Crippen molar-refractivity contribution < 1.29 is 9.53 Å². The summed E-state index contributed by atoms with van der Waals surface area (Å²) in [5.41, 5.74) is 9.43. The molecule has 0 radical (unpaired) electrons. The molecule has 1 atom stereocenters. The third kappa shape index (κ3) is 4.85. The van der Waals surface area contributed by atoms with Gasteiger partial charge in [-0.15, -0.1) is 12.4 Å². The molecule has 1 heterocycles. The molecule has 0 saturated carbocycles. The van der Waals surface area contributed by atoms with Crippen LogP contribution in [0.1, 0.15) is 36.5 Å². The van der Waals surface area contributed by atoms with Crippen LogP contribution in [0.15, 0.2) is 12.1 Å². The van der Waals surface area contributed by atoms with E-state index in [1.165, 1.54) is 11.1 Å². The van der Waals surface area contributed by atoms with Crippen molar-refractivity contribution in [3.8, 4) is 5.75 Å². The standard InChI is InChI=1S/C18H28N2O2.ClH/c1-13-9-14(2)15(3)16(10-13)22-8-5-17(21)20-7-6-18(4,11-19)12-20;/h9-10H,5-8,11-12,19H2,1-4H3;1H. The van der Waals surface area contributed by atoms with E-state index in [1.807, 2.05) is 11.0 Å². The minimum atomic E-state index is 0. The smallest absolute Gasteiger partial charge is 0.226 e. The molecule has 1 aliphatic rings. The monoisotopic (exact) mass is 340 g/mol. The van der Waals surface area contributed by atoms with Gasteiger partial charge in [0.25, 0.3) is 0 Å². The second-order valence-corrected chi connectivity index (χ2v) is 6.88. The Kier molecular flexibility index (Phi) is 6.90. The van der Waals surface area contributed by atoms with Gasteiger partial charge in [0.05, 0.1) is 13.0 Å². The fourth-order valence-electron chi connectivity index (χ4n) is 2.96. The molecule has 0 spiro atoms. The Bertz CT molecular complexity index is 562. The Balaban J connectivity index is 0.00000264. The van der Waals surface area contributed by atoms with Crippen LogP contribution in [0.2, 0.25) is 0 Å². The molecule has 2 rings (SSSR count). The van der Waals surface area contributed by atoms with E-state index in [-0.39, 0.29) is 23.7 Å². The molecule has 23 heavy (non-hydrogen) atoms. The molecule has 1 aromatic rings. The highest BCUT2D eigenvalue weighted by Crippen LogP contribution is 2.29. The van der Waals surface area contributed by atoms with Crippen LogP contribution < -0.4 is 10.5 Å². The number of nitrogens with two attached hydrogens (primary N) is 1. The van der Waals surface area contributed by atoms with Gasteiger partial charge >= 0.3 is 0 Å². The molecule has 1 aromatic carbocycles. The fourth-order valence-corrected chi connectivity index (χ4v) is 2.96. The second-order valence-electron chi connectivity index (χ2n) is 6.88. The fraction of sp³-hybridized carbons (Fsp3) is 0.611. The molecular formula is C18H29ClN2O2. The van der Waals surface area contributed by atoms with Crippen molar-refractivity contribution in [1.82, 2.24) is 4.90 Å². The maximum Gasteiger partial charge on any atom is 0.226 e. The zero-order chi connectivity index (χ0) is 16.3. The summed E-state index contributed by atoms with van der Waals surface area (Å²) in [5, 5.41) is 0. The number of hydrogen-bond acceptors (Lipinski definition) is 3. The number of amides is 1. The van der Waals surface area contributed by atoms with Crippen LogP contribution >= 0.6 is 12.4 Å². The van der Waals surface area contributed by atoms with Gasteiger partial charge in [0.2, 0.25) is 5.91 Å². The van der Waals surface area contributed by atoms with Crippen molar-refractivity contribution in [3.05, 3.63) is 28.8 Å². The van der Waals surface area contributed by atoms with Crippen LogP contribution in [0.5, 0.6) is 5.75 Å². The van der Waals surface area contributed by atoms with Crippen LogP contribution in [-0.2, 0) is 4.79 Å². The first-order valence-electron chi connectivity index (χ1n) is 8.03. The quantitative estimate of drug-likeness (QED) is 0.896. The SMILES string of the molecule is Cc1cc(C)c(C)c(OCCC(=O)N2CCC(C)(CN)C2)c1.Cl. The zero-order valence-corrected chi connectivity index (χ0v) is 15.5. The van der Waals surface area contributed by atoms with Crippen LogP contribution in [0.25, 0.3) is 0 Å². The first-order chi connectivity index (χ1) is 10.3. The van der Waals surface area contributed by atoms with Crippen molar-refractivity contribution in [3.63, 3.8) is 0 Å². The van der Waals surface area contributed by atoms with E-state index in [0.717, 1.165) is 30.8 Å². The Morgan fingerprint density at radius 3 is 2.65 bits per heavy atom. The molecule has 4 nitrogen and oxygen atoms in total. The van der Waals surface area contributed by atoms with Crippen molar-refractivity contribution >= 4 is 18.3 Å². The van der Waals surface area contributed by atoms with E-state index in [9.17, 15) is 4.79 Å². The van der Waals surface area contributed by atoms with Gasteiger partial charge in [-0.05, 0) is 61.9 Å². The topological polar surface area (TPSA) is 55.6 Å². The number of hydrogen-bond donors (Lipinski definition) is 1. The third-order valence-electron chi connectivity index (χ3n) is 4.74. The number of nitrogens with zero attached hydrogens (tertiary/aromatic N) is 1. The van der Waals surface area contributed by atoms with Crippen LogP contribution in [0.3, 0.4) is 0 Å². The molecule has 0 aromatic heterocycles. The molecule has 1 fully saturated rings. The van der Waals surface area contributed by atoms with Gasteiger partial charge in [0.15, 0.2) is 0 Å². The number of rotatable bonds is 5. The maximum atomic E-state index is 12.3. The number of ether oxygens (including phenoxy) is 1. The van der Waals surface area contributed by atoms with E-state index in [2.05, 4.69) is 33.8 Å². The second kappa shape index (κ2) is 8.02. The summed E-state index contributed by atoms with van der Waals surface area (Å²) < 4.78 is 5.83. The number of carbonyl (C=O) groups is 1. The van der Waals surface area contributed by atoms with Crippen LogP contribution in [0.4, 0.5) is 0 Å². The van der Waals surface area contributed by atoms with Crippen molar-refractivity contribution in [2.24, 2.45) is 11.1 Å². The number of halogens is 1. The van der Waals surface area contributed by atoms with Gasteiger partial charge in [0, 0.05) is 13.1 Å². The van der Waals surface area contributed by atoms with E-state index in [4.69, 9.17) is 10.5 Å². The Morgan fingerprint density at radius 1 is 1.35 bits per heavy atom. The van der Waals surface area contributed by atoms with Gasteiger partial charge in [0.1, 0.15) is 5.75 Å². The summed E-state index contributed by atoms with van der Waals surface area (Å²) in [6.07, 6.45) is 1.42. The highest BCUT2D eigenvalue weighted by Gasteiger charge is 2.34. The highest BCUT2D eigenvalue weighted by atomic mass is 35.5. The van der Waals surface area contributed by atoms with Gasteiger partial charge in [-0.1, -0.05) is 13.0 Å². The van der Waals surface area contributed by atoms with Crippen molar-refractivity contribution in [1.29, 1.82) is 0 Å². The number of carbonyl (C=O) groups excluding carboxylic acids is 1. The van der Waals surface area contributed by atoms with Gasteiger partial charge < -0.3 is 15.4 Å². The lowest BCUT2D eigenvalue weighted by Crippen LogP contribution is -2.35. The Hall–Kier alpha value is -1.26. The van der Waals surface area contributed by atoms with E-state index in [0.29, 0.717) is 19.6 Å². The summed E-state index contributed by atoms with van der Waals surface area (Å²) in [5.74, 6) is 1.05. The Morgan fingerprint density at radius 2 is 2.04 bits per heavy atom. The summed E-state index contributed by atoms with van der Waals surface area (Å²) >= 11 is 0. The summed E-state index contributed by atoms with van der Waals surface area (Å²) in [7, 11) is 0. The van der Waals surface area contributed by atoms with E-state index < -0.39 is 0 Å². The zero-order valence-electron chi connectivity index (χ0n) is 14.6. The first-order valence-corrected chi connectivity index (χ1v) is 8.03. The Labute approximate surface area is 145 Å². The average molecular weight is 341 g/mol. The summed E-state index contributed by atoms with van der Waals surface area (Å²) in [6.45, 7) is 11.0. The van der Waals surface area contributed by atoms with Crippen LogP contribution in [-0.4, -0.2) is 37.0 Å². The lowest BCUT2D eigenvalue weighted by atomic mass is 9.90. The van der Waals surface area contributed by atoms with Crippen LogP contribution in [0, 0.1) is 26.2 Å². The largest absolute Gasteiger partial charge is 0.493 e. The molecule has 0 aliphatic carbocycles. The normalized spacial score (nSPS) is 20.3. The molecule has 0 bridgehead atoms. The average Bonchev–Trinajstić information content (AvgIpc) is 2.87. The van der Waals surface area contributed by atoms with Gasteiger partial charge in [-0.3, -0.25) is 4.79 Å². The molecule has 2 N–H and O–H groups in total. The first kappa shape index (κ1) is 19.8. The van der Waals surface area contributed by atoms with Crippen molar-refractivity contribution in [2.75, 3.05) is 26.2 Å².